The van der Waals surface area contributed by atoms with Crippen LogP contribution in [0.3, 0.4) is 0 Å². The molecule has 7 heteroatoms. The molecular weight excluding hydrogens is 249 g/mol. The van der Waals surface area contributed by atoms with Gasteiger partial charge < -0.3 is 0 Å². The fourth-order valence-electron chi connectivity index (χ4n) is 2.32. The quantitative estimate of drug-likeness (QED) is 0.473. The molecular formula is C11H12BN3O2S. The normalized spacial score (nSPS) is 19.3. The van der Waals surface area contributed by atoms with Gasteiger partial charge in [-0.2, -0.15) is 9.28 Å². The van der Waals surface area contributed by atoms with Gasteiger partial charge in [0.2, 0.25) is 0 Å². The van der Waals surface area contributed by atoms with Crippen molar-refractivity contribution in [2.75, 3.05) is 6.54 Å². The highest BCUT2D eigenvalue weighted by molar-refractivity contribution is 7.08. The first-order valence-electron chi connectivity index (χ1n) is 5.93. The molecule has 1 unspecified atom stereocenters. The lowest BCUT2D eigenvalue weighted by Gasteiger charge is -2.21. The van der Waals surface area contributed by atoms with Crippen molar-refractivity contribution in [3.63, 3.8) is 0 Å². The van der Waals surface area contributed by atoms with Crippen LogP contribution in [0.2, 0.25) is 12.6 Å². The topological polar surface area (TPSA) is 83.2 Å². The zero-order chi connectivity index (χ0) is 13.0. The Morgan fingerprint density at radius 2 is 2.56 bits per heavy atom. The van der Waals surface area contributed by atoms with Crippen LogP contribution in [-0.4, -0.2) is 23.4 Å². The van der Waals surface area contributed by atoms with Crippen molar-refractivity contribution >= 4 is 24.0 Å². The number of hydrogen-bond acceptors (Lipinski definition) is 6. The second-order valence-electron chi connectivity index (χ2n) is 4.52. The summed E-state index contributed by atoms with van der Waals surface area (Å²) in [6, 6.07) is 1.75. The standard InChI is InChI=1S/C11H12BN3O2S/c13-7-12-3-1-2-8(5-12)9-4-11(18-15-9)10(16)6-14-17/h4,8H,1-3,5-6H2. The van der Waals surface area contributed by atoms with E-state index in [1.807, 2.05) is 0 Å². The summed E-state index contributed by atoms with van der Waals surface area (Å²) in [5, 5.41) is 11.5. The molecule has 5 nitrogen and oxygen atoms in total. The van der Waals surface area contributed by atoms with Gasteiger partial charge in [0.15, 0.2) is 5.78 Å². The third-order valence-electron chi connectivity index (χ3n) is 3.29. The van der Waals surface area contributed by atoms with Gasteiger partial charge in [0.05, 0.1) is 10.6 Å². The van der Waals surface area contributed by atoms with Crippen LogP contribution in [0.5, 0.6) is 0 Å². The molecule has 0 amide bonds. The smallest absolute Gasteiger partial charge is 0.268 e. The minimum atomic E-state index is -0.326. The van der Waals surface area contributed by atoms with Crippen LogP contribution < -0.4 is 0 Å². The predicted octanol–water partition coefficient (Wildman–Crippen LogP) is 2.53. The van der Waals surface area contributed by atoms with Crippen molar-refractivity contribution in [3.8, 4) is 5.97 Å². The Bertz CT molecular complexity index is 497. The molecule has 0 aromatic carbocycles. The molecule has 1 saturated heterocycles. The van der Waals surface area contributed by atoms with Crippen LogP contribution in [0, 0.1) is 16.1 Å². The van der Waals surface area contributed by atoms with Gasteiger partial charge in [-0.3, -0.25) is 4.79 Å². The Labute approximate surface area is 109 Å². The second-order valence-corrected chi connectivity index (χ2v) is 5.32. The van der Waals surface area contributed by atoms with E-state index in [0.717, 1.165) is 42.7 Å². The maximum Gasteiger partial charge on any atom is 0.268 e. The van der Waals surface area contributed by atoms with Crippen molar-refractivity contribution in [1.29, 1.82) is 5.26 Å². The number of nitriles is 1. The number of aromatic nitrogens is 1. The van der Waals surface area contributed by atoms with Crippen molar-refractivity contribution < 1.29 is 4.79 Å². The Balaban J connectivity index is 2.08. The minimum absolute atomic E-state index is 0.0984. The van der Waals surface area contributed by atoms with Crippen LogP contribution >= 0.6 is 11.5 Å². The summed E-state index contributed by atoms with van der Waals surface area (Å²) in [6.45, 7) is -0.228. The average Bonchev–Trinajstić information content (AvgIpc) is 2.89. The van der Waals surface area contributed by atoms with Gasteiger partial charge in [0.25, 0.3) is 6.71 Å². The van der Waals surface area contributed by atoms with Crippen LogP contribution in [0.15, 0.2) is 11.2 Å². The molecule has 1 aliphatic rings. The first-order chi connectivity index (χ1) is 8.74. The summed E-state index contributed by atoms with van der Waals surface area (Å²) in [5.41, 5.74) is 0.884. The summed E-state index contributed by atoms with van der Waals surface area (Å²) in [6.07, 6.45) is 3.82. The lowest BCUT2D eigenvalue weighted by molar-refractivity contribution is 0.101. The molecule has 0 saturated carbocycles. The van der Waals surface area contributed by atoms with E-state index in [1.165, 1.54) is 0 Å². The zero-order valence-electron chi connectivity index (χ0n) is 9.83. The van der Waals surface area contributed by atoms with Crippen LogP contribution in [0.1, 0.15) is 34.1 Å². The molecule has 92 valence electrons. The predicted molar refractivity (Wildman–Crippen MR) is 70.1 cm³/mol. The Morgan fingerprint density at radius 1 is 1.72 bits per heavy atom. The SMILES string of the molecule is N#CB1CCCC(c2cc(C(=O)CN=O)sn2)C1. The second kappa shape index (κ2) is 5.87. The van der Waals surface area contributed by atoms with E-state index >= 15 is 0 Å². The molecule has 0 N–H and O–H groups in total. The van der Waals surface area contributed by atoms with E-state index in [4.69, 9.17) is 5.26 Å². The number of nitrogens with zero attached hydrogens (tertiary/aromatic N) is 3. The van der Waals surface area contributed by atoms with Crippen LogP contribution in [-0.2, 0) is 0 Å². The molecule has 1 aromatic rings. The molecule has 1 atom stereocenters. The van der Waals surface area contributed by atoms with E-state index in [2.05, 4.69) is 15.5 Å². The first-order valence-corrected chi connectivity index (χ1v) is 6.70. The number of ketones is 1. The van der Waals surface area contributed by atoms with Gasteiger partial charge in [-0.1, -0.05) is 24.2 Å². The van der Waals surface area contributed by atoms with E-state index in [9.17, 15) is 9.70 Å². The summed E-state index contributed by atoms with van der Waals surface area (Å²) in [4.78, 5) is 22.0. The summed E-state index contributed by atoms with van der Waals surface area (Å²) < 4.78 is 4.28. The average molecular weight is 261 g/mol. The van der Waals surface area contributed by atoms with Gasteiger partial charge in [-0.15, -0.1) is 0 Å². The van der Waals surface area contributed by atoms with Gasteiger partial charge in [0.1, 0.15) is 6.54 Å². The largest absolute Gasteiger partial charge is 0.291 e. The number of Topliss-reactive ketones (excluding diaryl/α,β-unsaturated/α-hetero) is 1. The van der Waals surface area contributed by atoms with E-state index in [0.29, 0.717) is 4.88 Å². The highest BCUT2D eigenvalue weighted by Gasteiger charge is 2.28. The van der Waals surface area contributed by atoms with Gasteiger partial charge in [-0.05, 0) is 29.9 Å². The van der Waals surface area contributed by atoms with E-state index < -0.39 is 0 Å². The summed E-state index contributed by atoms with van der Waals surface area (Å²) in [5.74, 6) is 2.30. The molecule has 0 spiro atoms. The van der Waals surface area contributed by atoms with Crippen LogP contribution in [0.4, 0.5) is 0 Å². The number of rotatable bonds is 4. The van der Waals surface area contributed by atoms with Crippen LogP contribution in [0.25, 0.3) is 0 Å². The molecule has 1 fully saturated rings. The highest BCUT2D eigenvalue weighted by atomic mass is 32.1. The molecule has 0 radical (unpaired) electrons. The lowest BCUT2D eigenvalue weighted by Crippen LogP contribution is -2.20. The molecule has 2 heterocycles. The van der Waals surface area contributed by atoms with Gasteiger partial charge in [0, 0.05) is 5.97 Å². The van der Waals surface area contributed by atoms with Crippen molar-refractivity contribution in [3.05, 3.63) is 21.5 Å². The highest BCUT2D eigenvalue weighted by Crippen LogP contribution is 2.34. The fraction of sp³-hybridized carbons (Fsp3) is 0.545. The van der Waals surface area contributed by atoms with Gasteiger partial charge in [-0.25, -0.2) is 5.26 Å². The number of hydrogen-bond donors (Lipinski definition) is 0. The third-order valence-corrected chi connectivity index (χ3v) is 4.13. The Morgan fingerprint density at radius 3 is 3.28 bits per heavy atom. The van der Waals surface area contributed by atoms with Crippen molar-refractivity contribution in [1.82, 2.24) is 4.37 Å². The Hall–Kier alpha value is -1.55. The minimum Gasteiger partial charge on any atom is -0.291 e. The van der Waals surface area contributed by atoms with E-state index in [1.54, 1.807) is 6.07 Å². The first kappa shape index (κ1) is 12.9. The molecule has 0 bridgehead atoms. The molecule has 2 rings (SSSR count). The molecule has 0 aliphatic carbocycles. The summed E-state index contributed by atoms with van der Waals surface area (Å²) >= 11 is 1.12. The molecule has 1 aromatic heterocycles. The number of carbonyl (C=O) groups excluding carboxylic acids is 1. The van der Waals surface area contributed by atoms with Crippen molar-refractivity contribution in [2.24, 2.45) is 5.18 Å². The lowest BCUT2D eigenvalue weighted by atomic mass is 9.41. The molecule has 1 aliphatic heterocycles. The van der Waals surface area contributed by atoms with Crippen molar-refractivity contribution in [2.45, 2.75) is 31.4 Å². The maximum absolute atomic E-state index is 11.5. The number of carbonyl (C=O) groups is 1. The maximum atomic E-state index is 11.5. The Kier molecular flexibility index (Phi) is 4.21. The van der Waals surface area contributed by atoms with Gasteiger partial charge >= 0.3 is 0 Å². The number of nitroso groups, excluding NO2 is 1. The summed E-state index contributed by atoms with van der Waals surface area (Å²) in [7, 11) is 0. The monoisotopic (exact) mass is 261 g/mol. The van der Waals surface area contributed by atoms with E-state index in [-0.39, 0.29) is 25.0 Å². The third kappa shape index (κ3) is 2.82. The molecule has 18 heavy (non-hydrogen) atoms. The zero-order valence-corrected chi connectivity index (χ0v) is 10.7. The fourth-order valence-corrected chi connectivity index (χ4v) is 3.07.